The number of hydrogen-bond acceptors (Lipinski definition) is 4. The summed E-state index contributed by atoms with van der Waals surface area (Å²) >= 11 is 0. The first kappa shape index (κ1) is 15.9. The predicted octanol–water partition coefficient (Wildman–Crippen LogP) is -0.632. The standard InChI is InChI=1S/C11H22N2O4/c1-9(14)4-5-11(16)13(2)8-10(15)12-6-7-17-3/h9,14H,4-8H2,1-3H3,(H,12,15). The van der Waals surface area contributed by atoms with E-state index in [1.165, 1.54) is 4.90 Å². The number of likely N-dealkylation sites (N-methyl/N-ethyl adjacent to an activating group) is 1. The Morgan fingerprint density at radius 1 is 1.47 bits per heavy atom. The zero-order chi connectivity index (χ0) is 13.3. The smallest absolute Gasteiger partial charge is 0.239 e. The molecule has 1 atom stereocenters. The molecule has 1 unspecified atom stereocenters. The van der Waals surface area contributed by atoms with E-state index >= 15 is 0 Å². The molecule has 17 heavy (non-hydrogen) atoms. The summed E-state index contributed by atoms with van der Waals surface area (Å²) in [7, 11) is 3.12. The zero-order valence-electron chi connectivity index (χ0n) is 10.7. The Balaban J connectivity index is 3.78. The lowest BCUT2D eigenvalue weighted by atomic mass is 10.2. The summed E-state index contributed by atoms with van der Waals surface area (Å²) in [5, 5.41) is 11.7. The Labute approximate surface area is 102 Å². The lowest BCUT2D eigenvalue weighted by Crippen LogP contribution is -2.39. The van der Waals surface area contributed by atoms with Crippen LogP contribution >= 0.6 is 0 Å². The van der Waals surface area contributed by atoms with E-state index in [0.29, 0.717) is 19.6 Å². The van der Waals surface area contributed by atoms with Crippen LogP contribution in [0.25, 0.3) is 0 Å². The molecule has 6 nitrogen and oxygen atoms in total. The van der Waals surface area contributed by atoms with Crippen LogP contribution in [-0.2, 0) is 14.3 Å². The Bertz CT molecular complexity index is 244. The van der Waals surface area contributed by atoms with Crippen LogP contribution < -0.4 is 5.32 Å². The summed E-state index contributed by atoms with van der Waals surface area (Å²) in [6.45, 7) is 2.55. The summed E-state index contributed by atoms with van der Waals surface area (Å²) in [6, 6.07) is 0. The molecule has 0 aromatic rings. The van der Waals surface area contributed by atoms with Gasteiger partial charge in [0.15, 0.2) is 0 Å². The minimum Gasteiger partial charge on any atom is -0.393 e. The molecular formula is C11H22N2O4. The van der Waals surface area contributed by atoms with Gasteiger partial charge < -0.3 is 20.1 Å². The lowest BCUT2D eigenvalue weighted by molar-refractivity contribution is -0.135. The van der Waals surface area contributed by atoms with Crippen molar-refractivity contribution in [1.82, 2.24) is 10.2 Å². The van der Waals surface area contributed by atoms with Gasteiger partial charge in [0.05, 0.1) is 19.3 Å². The summed E-state index contributed by atoms with van der Waals surface area (Å²) in [6.07, 6.45) is 0.163. The van der Waals surface area contributed by atoms with Crippen molar-refractivity contribution in [1.29, 1.82) is 0 Å². The van der Waals surface area contributed by atoms with Crippen molar-refractivity contribution < 1.29 is 19.4 Å². The van der Waals surface area contributed by atoms with Gasteiger partial charge in [0.25, 0.3) is 0 Å². The Morgan fingerprint density at radius 3 is 2.65 bits per heavy atom. The predicted molar refractivity (Wildman–Crippen MR) is 63.4 cm³/mol. The monoisotopic (exact) mass is 246 g/mol. The van der Waals surface area contributed by atoms with Crippen LogP contribution in [0.5, 0.6) is 0 Å². The quantitative estimate of drug-likeness (QED) is 0.559. The van der Waals surface area contributed by atoms with Crippen LogP contribution in [0.2, 0.25) is 0 Å². The van der Waals surface area contributed by atoms with E-state index in [9.17, 15) is 9.59 Å². The maximum Gasteiger partial charge on any atom is 0.239 e. The third kappa shape index (κ3) is 8.65. The van der Waals surface area contributed by atoms with Gasteiger partial charge in [-0.3, -0.25) is 9.59 Å². The van der Waals surface area contributed by atoms with Crippen LogP contribution in [0, 0.1) is 0 Å². The van der Waals surface area contributed by atoms with Crippen molar-refractivity contribution in [2.45, 2.75) is 25.9 Å². The van der Waals surface area contributed by atoms with Gasteiger partial charge in [-0.25, -0.2) is 0 Å². The van der Waals surface area contributed by atoms with E-state index < -0.39 is 6.10 Å². The number of ether oxygens (including phenoxy) is 1. The molecule has 0 aliphatic heterocycles. The van der Waals surface area contributed by atoms with Gasteiger partial charge in [-0.05, 0) is 13.3 Å². The summed E-state index contributed by atoms with van der Waals surface area (Å²) in [4.78, 5) is 24.2. The molecule has 0 saturated heterocycles. The number of carbonyl (C=O) groups is 2. The van der Waals surface area contributed by atoms with E-state index in [2.05, 4.69) is 5.32 Å². The highest BCUT2D eigenvalue weighted by molar-refractivity contribution is 5.84. The number of hydrogen-bond donors (Lipinski definition) is 2. The molecule has 0 saturated carbocycles. The molecule has 2 N–H and O–H groups in total. The number of methoxy groups -OCH3 is 1. The number of nitrogens with zero attached hydrogens (tertiary/aromatic N) is 1. The second kappa shape index (κ2) is 8.95. The van der Waals surface area contributed by atoms with E-state index in [1.54, 1.807) is 21.1 Å². The van der Waals surface area contributed by atoms with Gasteiger partial charge in [-0.2, -0.15) is 0 Å². The molecule has 0 heterocycles. The van der Waals surface area contributed by atoms with Gasteiger partial charge in [-0.1, -0.05) is 0 Å². The van der Waals surface area contributed by atoms with Crippen LogP contribution in [0.1, 0.15) is 19.8 Å². The summed E-state index contributed by atoms with van der Waals surface area (Å²) in [5.74, 6) is -0.359. The number of aliphatic hydroxyl groups is 1. The number of carbonyl (C=O) groups excluding carboxylic acids is 2. The molecule has 0 bridgehead atoms. The molecule has 0 fully saturated rings. The number of rotatable bonds is 8. The normalized spacial score (nSPS) is 12.0. The molecule has 0 aliphatic carbocycles. The third-order valence-corrected chi connectivity index (χ3v) is 2.21. The maximum absolute atomic E-state index is 11.5. The molecule has 0 aliphatic rings. The summed E-state index contributed by atoms with van der Waals surface area (Å²) < 4.78 is 4.79. The van der Waals surface area contributed by atoms with E-state index in [0.717, 1.165) is 0 Å². The van der Waals surface area contributed by atoms with Crippen molar-refractivity contribution in [2.75, 3.05) is 33.9 Å². The first-order valence-corrected chi connectivity index (χ1v) is 5.65. The second-order valence-corrected chi connectivity index (χ2v) is 3.98. The van der Waals surface area contributed by atoms with Crippen LogP contribution in [-0.4, -0.2) is 61.8 Å². The minimum atomic E-state index is -0.497. The van der Waals surface area contributed by atoms with Crippen molar-refractivity contribution in [3.05, 3.63) is 0 Å². The Hall–Kier alpha value is -1.14. The number of nitrogens with one attached hydrogen (secondary N) is 1. The molecule has 0 rings (SSSR count). The van der Waals surface area contributed by atoms with Crippen LogP contribution in [0.4, 0.5) is 0 Å². The zero-order valence-corrected chi connectivity index (χ0v) is 10.7. The SMILES string of the molecule is COCCNC(=O)CN(C)C(=O)CCC(C)O. The molecular weight excluding hydrogens is 224 g/mol. The van der Waals surface area contributed by atoms with E-state index in [4.69, 9.17) is 9.84 Å². The molecule has 0 aromatic heterocycles. The van der Waals surface area contributed by atoms with Crippen LogP contribution in [0.3, 0.4) is 0 Å². The second-order valence-electron chi connectivity index (χ2n) is 3.98. The Kier molecular flexibility index (Phi) is 8.35. The van der Waals surface area contributed by atoms with E-state index in [-0.39, 0.29) is 24.8 Å². The maximum atomic E-state index is 11.5. The number of amides is 2. The van der Waals surface area contributed by atoms with Crippen molar-refractivity contribution in [2.24, 2.45) is 0 Å². The van der Waals surface area contributed by atoms with E-state index in [1.807, 2.05) is 0 Å². The van der Waals surface area contributed by atoms with Gasteiger partial charge in [0, 0.05) is 27.1 Å². The number of aliphatic hydroxyl groups excluding tert-OH is 1. The van der Waals surface area contributed by atoms with Crippen molar-refractivity contribution in [3.8, 4) is 0 Å². The minimum absolute atomic E-state index is 0.0301. The van der Waals surface area contributed by atoms with Gasteiger partial charge in [-0.15, -0.1) is 0 Å². The molecule has 6 heteroatoms. The lowest BCUT2D eigenvalue weighted by Gasteiger charge is -2.17. The molecule has 0 radical (unpaired) electrons. The highest BCUT2D eigenvalue weighted by Gasteiger charge is 2.13. The van der Waals surface area contributed by atoms with Crippen LogP contribution in [0.15, 0.2) is 0 Å². The van der Waals surface area contributed by atoms with Gasteiger partial charge in [0.1, 0.15) is 0 Å². The molecule has 2 amide bonds. The molecule has 0 spiro atoms. The Morgan fingerprint density at radius 2 is 2.12 bits per heavy atom. The largest absolute Gasteiger partial charge is 0.393 e. The van der Waals surface area contributed by atoms with Crippen molar-refractivity contribution in [3.63, 3.8) is 0 Å². The fourth-order valence-electron chi connectivity index (χ4n) is 1.18. The average Bonchev–Trinajstić information content (AvgIpc) is 2.26. The summed E-state index contributed by atoms with van der Waals surface area (Å²) in [5.41, 5.74) is 0. The first-order chi connectivity index (χ1) is 7.97. The molecule has 0 aromatic carbocycles. The fourth-order valence-corrected chi connectivity index (χ4v) is 1.18. The van der Waals surface area contributed by atoms with Gasteiger partial charge >= 0.3 is 0 Å². The van der Waals surface area contributed by atoms with Gasteiger partial charge in [0.2, 0.25) is 11.8 Å². The highest BCUT2D eigenvalue weighted by Crippen LogP contribution is 1.99. The fraction of sp³-hybridized carbons (Fsp3) is 0.818. The van der Waals surface area contributed by atoms with Crippen molar-refractivity contribution >= 4 is 11.8 Å². The highest BCUT2D eigenvalue weighted by atomic mass is 16.5. The third-order valence-electron chi connectivity index (χ3n) is 2.21. The molecule has 100 valence electrons. The first-order valence-electron chi connectivity index (χ1n) is 5.65. The average molecular weight is 246 g/mol. The topological polar surface area (TPSA) is 78.9 Å².